The standard InChI is InChI=1S/C23H14BrCl2N3O7S/c1-35-16-3-5-17(6-4-16)37(33,34)36-21-7-2-13(9-18(21)24)8-14(12-27)23(30)28-22-19(25)10-15(29(31)32)11-20(22)26/h2-11H,1H3,(H,28,30)/b14-8+. The minimum absolute atomic E-state index is 0.0274. The third kappa shape index (κ3) is 6.78. The summed E-state index contributed by atoms with van der Waals surface area (Å²) in [5, 5.41) is 22.4. The van der Waals surface area contributed by atoms with Crippen molar-refractivity contribution in [2.24, 2.45) is 0 Å². The maximum Gasteiger partial charge on any atom is 0.339 e. The predicted molar refractivity (Wildman–Crippen MR) is 140 cm³/mol. The van der Waals surface area contributed by atoms with Crippen LogP contribution in [0.2, 0.25) is 10.0 Å². The minimum Gasteiger partial charge on any atom is -0.497 e. The summed E-state index contributed by atoms with van der Waals surface area (Å²) in [5.74, 6) is -0.425. The van der Waals surface area contributed by atoms with E-state index in [-0.39, 0.29) is 42.1 Å². The first-order chi connectivity index (χ1) is 17.4. The number of carbonyl (C=O) groups is 1. The molecule has 37 heavy (non-hydrogen) atoms. The monoisotopic (exact) mass is 625 g/mol. The fraction of sp³-hybridized carbons (Fsp3) is 0.0435. The molecule has 14 heteroatoms. The van der Waals surface area contributed by atoms with E-state index < -0.39 is 20.9 Å². The highest BCUT2D eigenvalue weighted by molar-refractivity contribution is 9.10. The second-order valence-electron chi connectivity index (χ2n) is 7.07. The highest BCUT2D eigenvalue weighted by Gasteiger charge is 2.20. The van der Waals surface area contributed by atoms with Crippen LogP contribution in [0.3, 0.4) is 0 Å². The van der Waals surface area contributed by atoms with E-state index >= 15 is 0 Å². The molecule has 0 fully saturated rings. The topological polar surface area (TPSA) is 149 Å². The van der Waals surface area contributed by atoms with E-state index in [1.165, 1.54) is 55.7 Å². The maximum atomic E-state index is 12.6. The Morgan fingerprint density at radius 2 is 1.76 bits per heavy atom. The van der Waals surface area contributed by atoms with Gasteiger partial charge in [0.05, 0.1) is 32.2 Å². The van der Waals surface area contributed by atoms with Crippen molar-refractivity contribution in [3.8, 4) is 17.6 Å². The van der Waals surface area contributed by atoms with Gasteiger partial charge in [0.25, 0.3) is 11.6 Å². The number of rotatable bonds is 8. The van der Waals surface area contributed by atoms with Gasteiger partial charge in [0.2, 0.25) is 0 Å². The van der Waals surface area contributed by atoms with Crippen molar-refractivity contribution < 1.29 is 27.1 Å². The zero-order valence-corrected chi connectivity index (χ0v) is 22.5. The van der Waals surface area contributed by atoms with E-state index in [0.29, 0.717) is 11.3 Å². The zero-order chi connectivity index (χ0) is 27.3. The second-order valence-corrected chi connectivity index (χ2v) is 10.3. The van der Waals surface area contributed by atoms with Crippen molar-refractivity contribution in [2.75, 3.05) is 12.4 Å². The molecule has 0 heterocycles. The van der Waals surface area contributed by atoms with Gasteiger partial charge in [-0.2, -0.15) is 13.7 Å². The molecule has 0 saturated heterocycles. The molecule has 1 N–H and O–H groups in total. The molecule has 0 saturated carbocycles. The van der Waals surface area contributed by atoms with Crippen molar-refractivity contribution in [3.05, 3.63) is 90.4 Å². The van der Waals surface area contributed by atoms with E-state index in [1.807, 2.05) is 0 Å². The number of halogens is 3. The Hall–Kier alpha value is -3.63. The van der Waals surface area contributed by atoms with Crippen LogP contribution in [-0.4, -0.2) is 26.4 Å². The number of nitriles is 1. The van der Waals surface area contributed by atoms with Crippen molar-refractivity contribution >= 4 is 72.6 Å². The number of non-ortho nitro benzene ring substituents is 1. The first-order valence-corrected chi connectivity index (χ1v) is 12.9. The van der Waals surface area contributed by atoms with Gasteiger partial charge in [-0.15, -0.1) is 0 Å². The first-order valence-electron chi connectivity index (χ1n) is 9.90. The molecule has 0 bridgehead atoms. The van der Waals surface area contributed by atoms with E-state index in [2.05, 4.69) is 21.2 Å². The number of anilines is 1. The molecular formula is C23H14BrCl2N3O7S. The summed E-state index contributed by atoms with van der Waals surface area (Å²) in [4.78, 5) is 22.8. The quantitative estimate of drug-likeness (QED) is 0.105. The Morgan fingerprint density at radius 1 is 1.14 bits per heavy atom. The van der Waals surface area contributed by atoms with Gasteiger partial charge >= 0.3 is 10.1 Å². The average Bonchev–Trinajstić information content (AvgIpc) is 2.85. The lowest BCUT2D eigenvalue weighted by atomic mass is 10.1. The molecule has 10 nitrogen and oxygen atoms in total. The lowest BCUT2D eigenvalue weighted by Gasteiger charge is -2.10. The van der Waals surface area contributed by atoms with Crippen molar-refractivity contribution in [1.82, 2.24) is 0 Å². The summed E-state index contributed by atoms with van der Waals surface area (Å²) in [6.45, 7) is 0. The highest BCUT2D eigenvalue weighted by Crippen LogP contribution is 2.35. The molecular weight excluding hydrogens is 613 g/mol. The van der Waals surface area contributed by atoms with Crippen LogP contribution in [0.15, 0.2) is 69.5 Å². The Bertz CT molecular complexity index is 1550. The smallest absolute Gasteiger partial charge is 0.339 e. The molecule has 3 aromatic carbocycles. The van der Waals surface area contributed by atoms with Crippen LogP contribution in [0.5, 0.6) is 11.5 Å². The van der Waals surface area contributed by atoms with Gasteiger partial charge < -0.3 is 14.2 Å². The number of nitro groups is 1. The Balaban J connectivity index is 1.82. The van der Waals surface area contributed by atoms with Gasteiger partial charge in [0.1, 0.15) is 22.3 Å². The lowest BCUT2D eigenvalue weighted by molar-refractivity contribution is -0.384. The molecule has 0 aromatic heterocycles. The zero-order valence-electron chi connectivity index (χ0n) is 18.6. The number of ether oxygens (including phenoxy) is 1. The number of carbonyl (C=O) groups excluding carboxylic acids is 1. The molecule has 0 atom stereocenters. The summed E-state index contributed by atoms with van der Waals surface area (Å²) in [7, 11) is -2.70. The Kier molecular flexibility index (Phi) is 8.77. The van der Waals surface area contributed by atoms with Crippen LogP contribution < -0.4 is 14.2 Å². The molecule has 0 spiro atoms. The summed E-state index contributed by atoms with van der Waals surface area (Å²) >= 11 is 15.2. The SMILES string of the molecule is COc1ccc(S(=O)(=O)Oc2ccc(/C=C(\C#N)C(=O)Nc3c(Cl)cc([N+](=O)[O-])cc3Cl)cc2Br)cc1. The average molecular weight is 627 g/mol. The number of nitro benzene ring substituents is 1. The minimum atomic E-state index is -4.15. The number of benzene rings is 3. The molecule has 0 unspecified atom stereocenters. The van der Waals surface area contributed by atoms with Gasteiger partial charge in [0.15, 0.2) is 5.75 Å². The van der Waals surface area contributed by atoms with E-state index in [4.69, 9.17) is 32.1 Å². The molecule has 190 valence electrons. The van der Waals surface area contributed by atoms with Gasteiger partial charge in [-0.3, -0.25) is 14.9 Å². The van der Waals surface area contributed by atoms with Crippen molar-refractivity contribution in [1.29, 1.82) is 5.26 Å². The van der Waals surface area contributed by atoms with Crippen LogP contribution in [0.25, 0.3) is 6.08 Å². The number of methoxy groups -OCH3 is 1. The lowest BCUT2D eigenvalue weighted by Crippen LogP contribution is -2.14. The summed E-state index contributed by atoms with van der Waals surface area (Å²) < 4.78 is 35.6. The van der Waals surface area contributed by atoms with Crippen molar-refractivity contribution in [2.45, 2.75) is 4.90 Å². The highest BCUT2D eigenvalue weighted by atomic mass is 79.9. The van der Waals surface area contributed by atoms with E-state index in [1.54, 1.807) is 6.07 Å². The third-order valence-electron chi connectivity index (χ3n) is 4.66. The molecule has 0 radical (unpaired) electrons. The Morgan fingerprint density at radius 3 is 2.27 bits per heavy atom. The normalized spacial score (nSPS) is 11.4. The van der Waals surface area contributed by atoms with Crippen LogP contribution >= 0.6 is 39.1 Å². The molecule has 0 aliphatic rings. The number of nitrogens with one attached hydrogen (secondary N) is 1. The van der Waals surface area contributed by atoms with Gasteiger partial charge in [-0.1, -0.05) is 29.3 Å². The molecule has 0 aliphatic carbocycles. The van der Waals surface area contributed by atoms with E-state index in [9.17, 15) is 28.6 Å². The predicted octanol–water partition coefficient (Wildman–Crippen LogP) is 5.99. The van der Waals surface area contributed by atoms with E-state index in [0.717, 1.165) is 12.1 Å². The van der Waals surface area contributed by atoms with Crippen LogP contribution in [-0.2, 0) is 14.9 Å². The van der Waals surface area contributed by atoms with Crippen LogP contribution in [0.1, 0.15) is 5.56 Å². The summed E-state index contributed by atoms with van der Waals surface area (Å²) in [6.07, 6.45) is 1.23. The number of amides is 1. The summed E-state index contributed by atoms with van der Waals surface area (Å²) in [5.41, 5.74) is -0.468. The molecule has 3 aromatic rings. The molecule has 1 amide bonds. The number of hydrogen-bond donors (Lipinski definition) is 1. The van der Waals surface area contributed by atoms with Gasteiger partial charge in [-0.05, 0) is 64.0 Å². The fourth-order valence-electron chi connectivity index (χ4n) is 2.86. The first kappa shape index (κ1) is 27.9. The Labute approximate surface area is 229 Å². The van der Waals surface area contributed by atoms with Crippen molar-refractivity contribution in [3.63, 3.8) is 0 Å². The third-order valence-corrected chi connectivity index (χ3v) is 7.12. The van der Waals surface area contributed by atoms with Crippen LogP contribution in [0.4, 0.5) is 11.4 Å². The number of nitrogens with zero attached hydrogens (tertiary/aromatic N) is 2. The summed E-state index contributed by atoms with van der Waals surface area (Å²) in [6, 6.07) is 13.6. The fourth-order valence-corrected chi connectivity index (χ4v) is 4.97. The van der Waals surface area contributed by atoms with Gasteiger partial charge in [-0.25, -0.2) is 0 Å². The number of hydrogen-bond acceptors (Lipinski definition) is 8. The maximum absolute atomic E-state index is 12.6. The molecule has 0 aliphatic heterocycles. The molecule has 3 rings (SSSR count). The largest absolute Gasteiger partial charge is 0.497 e. The second kappa shape index (κ2) is 11.6. The van der Waals surface area contributed by atoms with Crippen LogP contribution in [0, 0.1) is 21.4 Å². The van der Waals surface area contributed by atoms with Gasteiger partial charge in [0, 0.05) is 12.1 Å².